The quantitative estimate of drug-likeness (QED) is 0.884. The lowest BCUT2D eigenvalue weighted by Crippen LogP contribution is -2.46. The van der Waals surface area contributed by atoms with E-state index < -0.39 is 17.8 Å². The van der Waals surface area contributed by atoms with Crippen LogP contribution in [0.4, 0.5) is 13.2 Å². The van der Waals surface area contributed by atoms with Crippen molar-refractivity contribution in [2.24, 2.45) is 0 Å². The van der Waals surface area contributed by atoms with Crippen LogP contribution in [0.5, 0.6) is 0 Å². The first kappa shape index (κ1) is 18.5. The average molecular weight is 345 g/mol. The fourth-order valence-corrected chi connectivity index (χ4v) is 2.62. The average Bonchev–Trinajstić information content (AvgIpc) is 2.41. The molecule has 0 aromatic heterocycles. The van der Waals surface area contributed by atoms with Crippen LogP contribution in [0.25, 0.3) is 0 Å². The molecule has 0 radical (unpaired) electrons. The van der Waals surface area contributed by atoms with Crippen molar-refractivity contribution in [3.63, 3.8) is 0 Å². The molecule has 0 spiro atoms. The maximum Gasteiger partial charge on any atom is 0.416 e. The van der Waals surface area contributed by atoms with Gasteiger partial charge in [-0.3, -0.25) is 4.90 Å². The lowest BCUT2D eigenvalue weighted by atomic mass is 10.0. The molecule has 1 atom stereocenters. The molecule has 1 fully saturated rings. The number of benzene rings is 1. The molecule has 1 aromatic carbocycles. The predicted molar refractivity (Wildman–Crippen MR) is 78.0 cm³/mol. The SMILES string of the molecule is Cl.OC[C@H](c1cc(C(F)(F)F)ccc1Cl)N1CCNCC1. The number of aliphatic hydroxyl groups excluding tert-OH is 1. The fourth-order valence-electron chi connectivity index (χ4n) is 2.38. The smallest absolute Gasteiger partial charge is 0.394 e. The zero-order valence-electron chi connectivity index (χ0n) is 11.2. The molecule has 1 heterocycles. The zero-order valence-corrected chi connectivity index (χ0v) is 12.7. The molecule has 21 heavy (non-hydrogen) atoms. The van der Waals surface area contributed by atoms with E-state index in [1.807, 2.05) is 4.90 Å². The number of hydrogen-bond donors (Lipinski definition) is 2. The van der Waals surface area contributed by atoms with Crippen molar-refractivity contribution in [2.75, 3.05) is 32.8 Å². The van der Waals surface area contributed by atoms with E-state index >= 15 is 0 Å². The van der Waals surface area contributed by atoms with E-state index in [0.717, 1.165) is 25.2 Å². The standard InChI is InChI=1S/C13H16ClF3N2O.ClH/c14-11-2-1-9(13(15,16)17)7-10(11)12(8-20)19-5-3-18-4-6-19;/h1-2,7,12,18,20H,3-6,8H2;1H/t12-;/m1./s1. The van der Waals surface area contributed by atoms with Gasteiger partial charge in [-0.05, 0) is 23.8 Å². The van der Waals surface area contributed by atoms with E-state index in [4.69, 9.17) is 11.6 Å². The number of aliphatic hydroxyl groups is 1. The van der Waals surface area contributed by atoms with Crippen LogP contribution >= 0.6 is 24.0 Å². The minimum absolute atomic E-state index is 0. The third-order valence-electron chi connectivity index (χ3n) is 3.45. The summed E-state index contributed by atoms with van der Waals surface area (Å²) in [6.07, 6.45) is -4.41. The fraction of sp³-hybridized carbons (Fsp3) is 0.538. The Labute approximate surface area is 132 Å². The summed E-state index contributed by atoms with van der Waals surface area (Å²) >= 11 is 6.02. The van der Waals surface area contributed by atoms with Gasteiger partial charge in [-0.15, -0.1) is 12.4 Å². The summed E-state index contributed by atoms with van der Waals surface area (Å²) in [5.74, 6) is 0. The van der Waals surface area contributed by atoms with Gasteiger partial charge in [0.15, 0.2) is 0 Å². The second-order valence-electron chi connectivity index (χ2n) is 4.72. The van der Waals surface area contributed by atoms with Gasteiger partial charge in [-0.2, -0.15) is 13.2 Å². The Bertz CT molecular complexity index is 465. The molecule has 0 saturated carbocycles. The number of alkyl halides is 3. The monoisotopic (exact) mass is 344 g/mol. The lowest BCUT2D eigenvalue weighted by Gasteiger charge is -2.34. The second kappa shape index (κ2) is 7.65. The number of rotatable bonds is 3. The van der Waals surface area contributed by atoms with Crippen molar-refractivity contribution in [2.45, 2.75) is 12.2 Å². The summed E-state index contributed by atoms with van der Waals surface area (Å²) < 4.78 is 38.3. The molecule has 1 aliphatic rings. The van der Waals surface area contributed by atoms with Crippen molar-refractivity contribution >= 4 is 24.0 Å². The number of nitrogens with zero attached hydrogens (tertiary/aromatic N) is 1. The van der Waals surface area contributed by atoms with Crippen LogP contribution in [0.3, 0.4) is 0 Å². The Morgan fingerprint density at radius 1 is 1.29 bits per heavy atom. The van der Waals surface area contributed by atoms with E-state index in [0.29, 0.717) is 18.7 Å². The molecule has 3 nitrogen and oxygen atoms in total. The van der Waals surface area contributed by atoms with E-state index in [2.05, 4.69) is 5.32 Å². The van der Waals surface area contributed by atoms with E-state index in [9.17, 15) is 18.3 Å². The van der Waals surface area contributed by atoms with Crippen molar-refractivity contribution in [3.05, 3.63) is 34.3 Å². The Hall–Kier alpha value is -0.530. The topological polar surface area (TPSA) is 35.5 Å². The van der Waals surface area contributed by atoms with E-state index in [1.54, 1.807) is 0 Å². The van der Waals surface area contributed by atoms with Gasteiger partial charge in [0, 0.05) is 31.2 Å². The Balaban J connectivity index is 0.00000220. The van der Waals surface area contributed by atoms with Crippen LogP contribution in [0.2, 0.25) is 5.02 Å². The highest BCUT2D eigenvalue weighted by molar-refractivity contribution is 6.31. The minimum Gasteiger partial charge on any atom is -0.394 e. The highest BCUT2D eigenvalue weighted by Gasteiger charge is 2.32. The van der Waals surface area contributed by atoms with Gasteiger partial charge >= 0.3 is 6.18 Å². The Kier molecular flexibility index (Phi) is 6.74. The summed E-state index contributed by atoms with van der Waals surface area (Å²) in [5.41, 5.74) is -0.420. The molecule has 1 aromatic rings. The zero-order chi connectivity index (χ0) is 14.8. The Morgan fingerprint density at radius 2 is 1.90 bits per heavy atom. The van der Waals surface area contributed by atoms with Gasteiger partial charge in [0.05, 0.1) is 18.2 Å². The molecule has 8 heteroatoms. The first-order valence-electron chi connectivity index (χ1n) is 6.35. The van der Waals surface area contributed by atoms with Crippen molar-refractivity contribution in [1.82, 2.24) is 10.2 Å². The minimum atomic E-state index is -4.41. The molecular formula is C13H17Cl2F3N2O. The number of nitrogens with one attached hydrogen (secondary N) is 1. The molecule has 2 rings (SSSR count). The molecule has 0 amide bonds. The van der Waals surface area contributed by atoms with Crippen molar-refractivity contribution in [1.29, 1.82) is 0 Å². The number of halogens is 5. The second-order valence-corrected chi connectivity index (χ2v) is 5.13. The predicted octanol–water partition coefficient (Wildman–Crippen LogP) is 2.72. The van der Waals surface area contributed by atoms with Crippen LogP contribution in [0, 0.1) is 0 Å². The summed E-state index contributed by atoms with van der Waals surface area (Å²) in [7, 11) is 0. The van der Waals surface area contributed by atoms with Gasteiger partial charge < -0.3 is 10.4 Å². The summed E-state index contributed by atoms with van der Waals surface area (Å²) in [5, 5.41) is 13.0. The summed E-state index contributed by atoms with van der Waals surface area (Å²) in [6, 6.07) is 2.72. The molecule has 2 N–H and O–H groups in total. The molecular weight excluding hydrogens is 328 g/mol. The van der Waals surface area contributed by atoms with Crippen LogP contribution < -0.4 is 5.32 Å². The summed E-state index contributed by atoms with van der Waals surface area (Å²) in [6.45, 7) is 2.55. The highest BCUT2D eigenvalue weighted by Crippen LogP contribution is 2.35. The van der Waals surface area contributed by atoms with Crippen LogP contribution in [-0.4, -0.2) is 42.8 Å². The van der Waals surface area contributed by atoms with Crippen LogP contribution in [0.1, 0.15) is 17.2 Å². The number of piperazine rings is 1. The van der Waals surface area contributed by atoms with Gasteiger partial charge in [-0.25, -0.2) is 0 Å². The first-order chi connectivity index (χ1) is 9.43. The number of hydrogen-bond acceptors (Lipinski definition) is 3. The largest absolute Gasteiger partial charge is 0.416 e. The molecule has 0 aliphatic carbocycles. The molecule has 0 bridgehead atoms. The molecule has 1 aliphatic heterocycles. The summed E-state index contributed by atoms with van der Waals surface area (Å²) in [4.78, 5) is 1.94. The van der Waals surface area contributed by atoms with Gasteiger partial charge in [0.25, 0.3) is 0 Å². The highest BCUT2D eigenvalue weighted by atomic mass is 35.5. The third kappa shape index (κ3) is 4.47. The van der Waals surface area contributed by atoms with Gasteiger partial charge in [0.1, 0.15) is 0 Å². The van der Waals surface area contributed by atoms with Gasteiger partial charge in [0.2, 0.25) is 0 Å². The van der Waals surface area contributed by atoms with E-state index in [-0.39, 0.29) is 24.0 Å². The Morgan fingerprint density at radius 3 is 2.43 bits per heavy atom. The molecule has 120 valence electrons. The first-order valence-corrected chi connectivity index (χ1v) is 6.73. The van der Waals surface area contributed by atoms with Crippen LogP contribution in [-0.2, 0) is 6.18 Å². The van der Waals surface area contributed by atoms with Gasteiger partial charge in [-0.1, -0.05) is 11.6 Å². The molecule has 1 saturated heterocycles. The lowest BCUT2D eigenvalue weighted by molar-refractivity contribution is -0.137. The van der Waals surface area contributed by atoms with Crippen molar-refractivity contribution in [3.8, 4) is 0 Å². The van der Waals surface area contributed by atoms with Crippen molar-refractivity contribution < 1.29 is 18.3 Å². The normalized spacial score (nSPS) is 18.1. The maximum absolute atomic E-state index is 12.8. The van der Waals surface area contributed by atoms with Crippen LogP contribution in [0.15, 0.2) is 18.2 Å². The third-order valence-corrected chi connectivity index (χ3v) is 3.79. The van der Waals surface area contributed by atoms with E-state index in [1.165, 1.54) is 6.07 Å². The molecule has 0 unspecified atom stereocenters. The maximum atomic E-state index is 12.8.